The summed E-state index contributed by atoms with van der Waals surface area (Å²) < 4.78 is 5.55. The molecule has 29 heavy (non-hydrogen) atoms. The lowest BCUT2D eigenvalue weighted by molar-refractivity contribution is -0.121. The van der Waals surface area contributed by atoms with E-state index in [9.17, 15) is 4.79 Å². The van der Waals surface area contributed by atoms with E-state index in [0.717, 1.165) is 60.6 Å². The number of aromatic amines is 1. The maximum absolute atomic E-state index is 12.7. The number of piperidine rings is 1. The Morgan fingerprint density at radius 2 is 2.21 bits per heavy atom. The van der Waals surface area contributed by atoms with Crippen LogP contribution in [0.25, 0.3) is 11.0 Å². The first kappa shape index (κ1) is 18.2. The Morgan fingerprint density at radius 1 is 1.31 bits per heavy atom. The molecule has 6 nitrogen and oxygen atoms in total. The summed E-state index contributed by atoms with van der Waals surface area (Å²) >= 11 is 0. The van der Waals surface area contributed by atoms with Crippen molar-refractivity contribution in [3.8, 4) is 5.75 Å². The maximum atomic E-state index is 12.7. The van der Waals surface area contributed by atoms with Gasteiger partial charge in [0.15, 0.2) is 0 Å². The predicted molar refractivity (Wildman–Crippen MR) is 112 cm³/mol. The molecule has 2 aliphatic rings. The number of H-pyrrole nitrogens is 1. The van der Waals surface area contributed by atoms with Gasteiger partial charge in [0, 0.05) is 19.0 Å². The van der Waals surface area contributed by atoms with Crippen LogP contribution >= 0.6 is 0 Å². The second-order valence-electron chi connectivity index (χ2n) is 8.14. The van der Waals surface area contributed by atoms with Crippen molar-refractivity contribution in [3.63, 3.8) is 0 Å². The molecule has 0 saturated carbocycles. The van der Waals surface area contributed by atoms with Gasteiger partial charge in [-0.3, -0.25) is 9.69 Å². The zero-order valence-corrected chi connectivity index (χ0v) is 16.6. The molecule has 3 heterocycles. The quantitative estimate of drug-likeness (QED) is 0.719. The molecule has 0 bridgehead atoms. The number of carbonyl (C=O) groups excluding carboxylic acids is 1. The molecule has 5 rings (SSSR count). The van der Waals surface area contributed by atoms with Crippen LogP contribution in [0.5, 0.6) is 5.75 Å². The summed E-state index contributed by atoms with van der Waals surface area (Å²) in [5.41, 5.74) is 4.30. The lowest BCUT2D eigenvalue weighted by atomic mass is 9.96. The van der Waals surface area contributed by atoms with Crippen LogP contribution in [-0.4, -0.2) is 47.0 Å². The summed E-state index contributed by atoms with van der Waals surface area (Å²) in [6.45, 7) is 1.67. The molecule has 1 fully saturated rings. The number of aromatic nitrogens is 2. The average molecular weight is 390 g/mol. The summed E-state index contributed by atoms with van der Waals surface area (Å²) in [4.78, 5) is 23.2. The monoisotopic (exact) mass is 390 g/mol. The number of imidazole rings is 1. The Labute approximate surface area is 170 Å². The Bertz CT molecular complexity index is 1010. The highest BCUT2D eigenvalue weighted by Crippen LogP contribution is 2.30. The normalized spacial score (nSPS) is 21.7. The van der Waals surface area contributed by atoms with Crippen LogP contribution in [0.2, 0.25) is 0 Å². The van der Waals surface area contributed by atoms with Crippen molar-refractivity contribution in [2.24, 2.45) is 0 Å². The number of nitrogens with one attached hydrogen (secondary N) is 2. The highest BCUT2D eigenvalue weighted by molar-refractivity contribution is 5.79. The number of ether oxygens (including phenoxy) is 1. The third kappa shape index (κ3) is 3.72. The Kier molecular flexibility index (Phi) is 4.72. The zero-order valence-electron chi connectivity index (χ0n) is 16.6. The van der Waals surface area contributed by atoms with Crippen molar-refractivity contribution < 1.29 is 9.53 Å². The molecule has 0 unspecified atom stereocenters. The molecule has 0 radical (unpaired) electrons. The van der Waals surface area contributed by atoms with Crippen molar-refractivity contribution >= 4 is 16.9 Å². The second kappa shape index (κ2) is 7.52. The first-order valence-corrected chi connectivity index (χ1v) is 10.3. The van der Waals surface area contributed by atoms with Gasteiger partial charge in [-0.1, -0.05) is 24.3 Å². The summed E-state index contributed by atoms with van der Waals surface area (Å²) in [5, 5.41) is 3.25. The van der Waals surface area contributed by atoms with Crippen molar-refractivity contribution in [1.29, 1.82) is 0 Å². The Hall–Kier alpha value is -2.86. The minimum Gasteiger partial charge on any atom is -0.493 e. The molecule has 0 aliphatic carbocycles. The van der Waals surface area contributed by atoms with Crippen LogP contribution in [0, 0.1) is 0 Å². The number of benzene rings is 2. The smallest absolute Gasteiger partial charge is 0.224 e. The third-order valence-corrected chi connectivity index (χ3v) is 6.08. The molecule has 2 N–H and O–H groups in total. The fourth-order valence-electron chi connectivity index (χ4n) is 4.48. The number of rotatable bonds is 4. The molecule has 6 heteroatoms. The molecule has 1 amide bonds. The number of para-hydroxylation sites is 2. The van der Waals surface area contributed by atoms with E-state index in [1.54, 1.807) is 0 Å². The molecule has 2 aliphatic heterocycles. The molecule has 150 valence electrons. The molecule has 2 atom stereocenters. The van der Waals surface area contributed by atoms with Gasteiger partial charge in [-0.2, -0.15) is 0 Å². The topological polar surface area (TPSA) is 70.2 Å². The van der Waals surface area contributed by atoms with Gasteiger partial charge < -0.3 is 15.0 Å². The maximum Gasteiger partial charge on any atom is 0.224 e. The second-order valence-corrected chi connectivity index (χ2v) is 8.14. The van der Waals surface area contributed by atoms with Gasteiger partial charge in [0.05, 0.1) is 30.1 Å². The average Bonchev–Trinajstić information content (AvgIpc) is 3.35. The number of hydrogen-bond donors (Lipinski definition) is 2. The van der Waals surface area contributed by atoms with Crippen LogP contribution in [-0.2, 0) is 17.6 Å². The van der Waals surface area contributed by atoms with Crippen molar-refractivity contribution in [2.75, 3.05) is 20.2 Å². The van der Waals surface area contributed by atoms with Gasteiger partial charge in [0.1, 0.15) is 11.6 Å². The number of carbonyl (C=O) groups is 1. The third-order valence-electron chi connectivity index (χ3n) is 6.08. The molecular weight excluding hydrogens is 364 g/mol. The molecule has 2 aromatic carbocycles. The number of fused-ring (bicyclic) bond motifs is 2. The highest BCUT2D eigenvalue weighted by Gasteiger charge is 2.30. The minimum atomic E-state index is 0.0850. The molecule has 1 saturated heterocycles. The summed E-state index contributed by atoms with van der Waals surface area (Å²) in [6, 6.07) is 14.5. The van der Waals surface area contributed by atoms with Crippen molar-refractivity contribution in [2.45, 2.75) is 37.8 Å². The zero-order chi connectivity index (χ0) is 19.8. The number of likely N-dealkylation sites (tertiary alicyclic amines) is 1. The predicted octanol–water partition coefficient (Wildman–Crippen LogP) is 2.99. The number of hydrogen-bond acceptors (Lipinski definition) is 4. The largest absolute Gasteiger partial charge is 0.493 e. The van der Waals surface area contributed by atoms with Crippen LogP contribution < -0.4 is 10.1 Å². The fraction of sp³-hybridized carbons (Fsp3) is 0.391. The van der Waals surface area contributed by atoms with E-state index >= 15 is 0 Å². The summed E-state index contributed by atoms with van der Waals surface area (Å²) in [6.07, 6.45) is 3.16. The minimum absolute atomic E-state index is 0.0850. The van der Waals surface area contributed by atoms with E-state index in [4.69, 9.17) is 9.72 Å². The van der Waals surface area contributed by atoms with Crippen molar-refractivity contribution in [3.05, 3.63) is 59.4 Å². The van der Waals surface area contributed by atoms with Gasteiger partial charge in [0.25, 0.3) is 0 Å². The van der Waals surface area contributed by atoms with Crippen LogP contribution in [0.15, 0.2) is 42.5 Å². The van der Waals surface area contributed by atoms with Gasteiger partial charge in [-0.25, -0.2) is 4.98 Å². The van der Waals surface area contributed by atoms with E-state index in [1.165, 1.54) is 5.56 Å². The fourth-order valence-corrected chi connectivity index (χ4v) is 4.48. The highest BCUT2D eigenvalue weighted by atomic mass is 16.5. The molecular formula is C23H26N4O2. The summed E-state index contributed by atoms with van der Waals surface area (Å²) in [5.74, 6) is 2.02. The van der Waals surface area contributed by atoms with Crippen LogP contribution in [0.3, 0.4) is 0 Å². The first-order chi connectivity index (χ1) is 14.2. The van der Waals surface area contributed by atoms with Crippen LogP contribution in [0.1, 0.15) is 35.8 Å². The SMILES string of the molecule is CN1CC[C@@H](NC(=O)Cc2ccc3c(c2)CCO3)C[C@@H]1c1nc2ccccc2[nH]1. The van der Waals surface area contributed by atoms with Crippen molar-refractivity contribution in [1.82, 2.24) is 20.2 Å². The first-order valence-electron chi connectivity index (χ1n) is 10.3. The van der Waals surface area contributed by atoms with E-state index in [0.29, 0.717) is 6.42 Å². The molecule has 0 spiro atoms. The Morgan fingerprint density at radius 3 is 3.10 bits per heavy atom. The standard InChI is InChI=1S/C23H26N4O2/c1-27-10-8-17(14-20(27)23-25-18-4-2-3-5-19(18)26-23)24-22(28)13-15-6-7-21-16(12-15)9-11-29-21/h2-7,12,17,20H,8-11,13-14H2,1H3,(H,24,28)(H,25,26)/t17-,20-/m1/s1. The Balaban J connectivity index is 1.25. The van der Waals surface area contributed by atoms with Gasteiger partial charge in [-0.05, 0) is 49.2 Å². The number of nitrogens with zero attached hydrogens (tertiary/aromatic N) is 2. The van der Waals surface area contributed by atoms with Gasteiger partial charge in [0.2, 0.25) is 5.91 Å². The lowest BCUT2D eigenvalue weighted by Crippen LogP contribution is -2.45. The van der Waals surface area contributed by atoms with E-state index < -0.39 is 0 Å². The molecule has 1 aromatic heterocycles. The number of amides is 1. The molecule has 3 aromatic rings. The van der Waals surface area contributed by atoms with E-state index in [1.807, 2.05) is 30.3 Å². The van der Waals surface area contributed by atoms with E-state index in [-0.39, 0.29) is 18.0 Å². The van der Waals surface area contributed by atoms with Crippen LogP contribution in [0.4, 0.5) is 0 Å². The lowest BCUT2D eigenvalue weighted by Gasteiger charge is -2.36. The van der Waals surface area contributed by atoms with E-state index in [2.05, 4.69) is 34.4 Å². The van der Waals surface area contributed by atoms with Gasteiger partial charge >= 0.3 is 0 Å². The summed E-state index contributed by atoms with van der Waals surface area (Å²) in [7, 11) is 2.13. The van der Waals surface area contributed by atoms with Gasteiger partial charge in [-0.15, -0.1) is 0 Å².